The zero-order chi connectivity index (χ0) is 11.5. The Kier molecular flexibility index (Phi) is 4.44. The fourth-order valence-corrected chi connectivity index (χ4v) is 2.26. The van der Waals surface area contributed by atoms with Crippen molar-refractivity contribution >= 4 is 23.4 Å². The lowest BCUT2D eigenvalue weighted by Gasteiger charge is -2.21. The van der Waals surface area contributed by atoms with Gasteiger partial charge in [-0.2, -0.15) is 4.98 Å². The lowest BCUT2D eigenvalue weighted by molar-refractivity contribution is 0.207. The number of ether oxygens (including phenoxy) is 1. The molecule has 1 aliphatic heterocycles. The van der Waals surface area contributed by atoms with E-state index in [0.29, 0.717) is 11.9 Å². The Morgan fingerprint density at radius 1 is 1.33 bits per heavy atom. The number of benzene rings is 1. The lowest BCUT2D eigenvalue weighted by atomic mass is 10.0. The fourth-order valence-electron chi connectivity index (χ4n) is 2.26. The summed E-state index contributed by atoms with van der Waals surface area (Å²) in [6.45, 7) is 2.94. The number of rotatable bonds is 3. The number of H-pyrrole nitrogens is 1. The predicted octanol–water partition coefficient (Wildman–Crippen LogP) is 2.36. The number of halogens is 1. The zero-order valence-corrected chi connectivity index (χ0v) is 11.0. The number of aromatic nitrogens is 2. The minimum absolute atomic E-state index is 0. The number of nitrogens with one attached hydrogen (secondary N) is 2. The maximum Gasteiger partial charge on any atom is 0.294 e. The van der Waals surface area contributed by atoms with Gasteiger partial charge in [0.2, 0.25) is 0 Å². The smallest absolute Gasteiger partial charge is 0.294 e. The van der Waals surface area contributed by atoms with Crippen molar-refractivity contribution in [2.75, 3.05) is 19.7 Å². The second-order valence-corrected chi connectivity index (χ2v) is 4.58. The summed E-state index contributed by atoms with van der Waals surface area (Å²) in [7, 11) is 0. The molecule has 1 aromatic carbocycles. The molecule has 0 spiro atoms. The van der Waals surface area contributed by atoms with Crippen LogP contribution in [0.25, 0.3) is 11.0 Å². The lowest BCUT2D eigenvalue weighted by Crippen LogP contribution is -2.33. The summed E-state index contributed by atoms with van der Waals surface area (Å²) in [5.74, 6) is 0.608. The average Bonchev–Trinajstić information content (AvgIpc) is 2.80. The van der Waals surface area contributed by atoms with Gasteiger partial charge in [0.1, 0.15) is 0 Å². The highest BCUT2D eigenvalue weighted by Gasteiger charge is 2.14. The molecular formula is C13H18ClN3O. The Balaban J connectivity index is 0.00000120. The van der Waals surface area contributed by atoms with E-state index in [0.717, 1.165) is 30.7 Å². The predicted molar refractivity (Wildman–Crippen MR) is 74.4 cm³/mol. The first-order valence-electron chi connectivity index (χ1n) is 6.20. The second-order valence-electron chi connectivity index (χ2n) is 4.58. The van der Waals surface area contributed by atoms with Gasteiger partial charge in [0.25, 0.3) is 6.01 Å². The quantitative estimate of drug-likeness (QED) is 0.898. The van der Waals surface area contributed by atoms with Crippen LogP contribution in [0, 0.1) is 5.92 Å². The molecule has 98 valence electrons. The number of fused-ring (bicyclic) bond motifs is 1. The normalized spacial score (nSPS) is 19.4. The van der Waals surface area contributed by atoms with E-state index >= 15 is 0 Å². The third kappa shape index (κ3) is 2.94. The van der Waals surface area contributed by atoms with Crippen LogP contribution >= 0.6 is 12.4 Å². The van der Waals surface area contributed by atoms with Crippen molar-refractivity contribution < 1.29 is 4.74 Å². The minimum Gasteiger partial charge on any atom is -0.464 e. The van der Waals surface area contributed by atoms with Crippen LogP contribution < -0.4 is 10.1 Å². The van der Waals surface area contributed by atoms with Gasteiger partial charge in [-0.25, -0.2) is 0 Å². The first kappa shape index (κ1) is 13.2. The maximum atomic E-state index is 5.72. The van der Waals surface area contributed by atoms with Crippen LogP contribution in [0.15, 0.2) is 24.3 Å². The van der Waals surface area contributed by atoms with E-state index in [2.05, 4.69) is 15.3 Å². The Morgan fingerprint density at radius 3 is 3.00 bits per heavy atom. The van der Waals surface area contributed by atoms with Gasteiger partial charge in [0.15, 0.2) is 0 Å². The third-order valence-corrected chi connectivity index (χ3v) is 3.22. The van der Waals surface area contributed by atoms with Gasteiger partial charge in [-0.3, -0.25) is 0 Å². The molecule has 18 heavy (non-hydrogen) atoms. The second kappa shape index (κ2) is 6.07. The summed E-state index contributed by atoms with van der Waals surface area (Å²) in [5.41, 5.74) is 1.99. The monoisotopic (exact) mass is 267 g/mol. The van der Waals surface area contributed by atoms with E-state index < -0.39 is 0 Å². The van der Waals surface area contributed by atoms with Crippen LogP contribution in [0.2, 0.25) is 0 Å². The van der Waals surface area contributed by atoms with E-state index in [1.165, 1.54) is 12.8 Å². The summed E-state index contributed by atoms with van der Waals surface area (Å²) in [4.78, 5) is 7.58. The number of hydrogen-bond acceptors (Lipinski definition) is 3. The first-order chi connectivity index (χ1) is 8.42. The molecule has 0 radical (unpaired) electrons. The number of hydrogen-bond donors (Lipinski definition) is 2. The molecule has 2 heterocycles. The molecule has 0 bridgehead atoms. The average molecular weight is 268 g/mol. The van der Waals surface area contributed by atoms with Gasteiger partial charge in [-0.05, 0) is 31.5 Å². The molecule has 1 aromatic heterocycles. The molecule has 5 heteroatoms. The molecular weight excluding hydrogens is 250 g/mol. The van der Waals surface area contributed by atoms with Gasteiger partial charge < -0.3 is 15.0 Å². The number of para-hydroxylation sites is 2. The van der Waals surface area contributed by atoms with Crippen molar-refractivity contribution in [3.63, 3.8) is 0 Å². The molecule has 4 nitrogen and oxygen atoms in total. The standard InChI is InChI=1S/C13H17N3O.ClH/c1-2-6-12-11(5-1)15-13(16-12)17-9-10-4-3-7-14-8-10;/h1-2,5-6,10,14H,3-4,7-9H2,(H,15,16);1H. The molecule has 3 rings (SSSR count). The van der Waals surface area contributed by atoms with Crippen LogP contribution in [-0.2, 0) is 0 Å². The number of piperidine rings is 1. The van der Waals surface area contributed by atoms with Gasteiger partial charge in [0, 0.05) is 12.5 Å². The molecule has 1 saturated heterocycles. The van der Waals surface area contributed by atoms with Crippen LogP contribution in [0.3, 0.4) is 0 Å². The van der Waals surface area contributed by atoms with Crippen LogP contribution in [0.5, 0.6) is 6.01 Å². The first-order valence-corrected chi connectivity index (χ1v) is 6.20. The van der Waals surface area contributed by atoms with E-state index in [-0.39, 0.29) is 12.4 Å². The number of aromatic amines is 1. The van der Waals surface area contributed by atoms with Crippen LogP contribution in [0.4, 0.5) is 0 Å². The highest BCUT2D eigenvalue weighted by molar-refractivity contribution is 5.85. The maximum absolute atomic E-state index is 5.72. The molecule has 0 aliphatic carbocycles. The molecule has 0 saturated carbocycles. The fraction of sp³-hybridized carbons (Fsp3) is 0.462. The van der Waals surface area contributed by atoms with Crippen molar-refractivity contribution in [1.29, 1.82) is 0 Å². The SMILES string of the molecule is Cl.c1ccc2[nH]c(OCC3CCCNC3)nc2c1. The van der Waals surface area contributed by atoms with Crippen molar-refractivity contribution in [2.24, 2.45) is 5.92 Å². The van der Waals surface area contributed by atoms with Gasteiger partial charge in [-0.15, -0.1) is 12.4 Å². The van der Waals surface area contributed by atoms with E-state index in [9.17, 15) is 0 Å². The highest BCUT2D eigenvalue weighted by atomic mass is 35.5. The van der Waals surface area contributed by atoms with Crippen molar-refractivity contribution in [1.82, 2.24) is 15.3 Å². The number of nitrogens with zero attached hydrogens (tertiary/aromatic N) is 1. The minimum atomic E-state index is 0. The summed E-state index contributed by atoms with van der Waals surface area (Å²) >= 11 is 0. The molecule has 1 atom stereocenters. The third-order valence-electron chi connectivity index (χ3n) is 3.22. The molecule has 1 unspecified atom stereocenters. The zero-order valence-electron chi connectivity index (χ0n) is 10.2. The van der Waals surface area contributed by atoms with Gasteiger partial charge in [-0.1, -0.05) is 12.1 Å². The Hall–Kier alpha value is -1.26. The largest absolute Gasteiger partial charge is 0.464 e. The molecule has 1 fully saturated rings. The van der Waals surface area contributed by atoms with Crippen LogP contribution in [0.1, 0.15) is 12.8 Å². The van der Waals surface area contributed by atoms with Gasteiger partial charge in [0.05, 0.1) is 17.6 Å². The van der Waals surface area contributed by atoms with E-state index in [4.69, 9.17) is 4.74 Å². The topological polar surface area (TPSA) is 49.9 Å². The van der Waals surface area contributed by atoms with E-state index in [1.807, 2.05) is 24.3 Å². The van der Waals surface area contributed by atoms with Crippen molar-refractivity contribution in [3.8, 4) is 6.01 Å². The Labute approximate surface area is 113 Å². The summed E-state index contributed by atoms with van der Waals surface area (Å²) < 4.78 is 5.72. The molecule has 2 aromatic rings. The van der Waals surface area contributed by atoms with Crippen molar-refractivity contribution in [2.45, 2.75) is 12.8 Å². The number of imidazole rings is 1. The summed E-state index contributed by atoms with van der Waals surface area (Å²) in [5, 5.41) is 3.39. The van der Waals surface area contributed by atoms with Crippen LogP contribution in [-0.4, -0.2) is 29.7 Å². The van der Waals surface area contributed by atoms with E-state index in [1.54, 1.807) is 0 Å². The highest BCUT2D eigenvalue weighted by Crippen LogP contribution is 2.17. The Morgan fingerprint density at radius 2 is 2.22 bits per heavy atom. The summed E-state index contributed by atoms with van der Waals surface area (Å²) in [6, 6.07) is 8.61. The van der Waals surface area contributed by atoms with Crippen molar-refractivity contribution in [3.05, 3.63) is 24.3 Å². The molecule has 1 aliphatic rings. The summed E-state index contributed by atoms with van der Waals surface area (Å²) in [6.07, 6.45) is 2.49. The Bertz CT molecular complexity index is 461. The molecule has 0 amide bonds. The molecule has 2 N–H and O–H groups in total. The van der Waals surface area contributed by atoms with Gasteiger partial charge >= 0.3 is 0 Å².